The van der Waals surface area contributed by atoms with Gasteiger partial charge in [-0.25, -0.2) is 0 Å². The van der Waals surface area contributed by atoms with Crippen molar-refractivity contribution >= 4 is 11.8 Å². The zero-order valence-corrected chi connectivity index (χ0v) is 12.6. The summed E-state index contributed by atoms with van der Waals surface area (Å²) in [6.45, 7) is 4.21. The fourth-order valence-corrected chi connectivity index (χ4v) is 3.58. The second-order valence-corrected chi connectivity index (χ2v) is 6.36. The lowest BCUT2D eigenvalue weighted by molar-refractivity contribution is 0.185. The number of hydrogen-bond acceptors (Lipinski definition) is 3. The van der Waals surface area contributed by atoms with Crippen molar-refractivity contribution in [3.05, 3.63) is 59.2 Å². The standard InChI is InChI=1S/C17H19NOS/c1-11-7-8-12(2)13(9-11)17(18)15-10-20-16-6-4-3-5-14(16)19-15/h3-9,15,17H,10,18H2,1-2H3. The Bertz CT molecular complexity index is 626. The number of para-hydroxylation sites is 1. The number of aryl methyl sites for hydroxylation is 2. The largest absolute Gasteiger partial charge is 0.486 e. The minimum absolute atomic E-state index is 0.0235. The van der Waals surface area contributed by atoms with Gasteiger partial charge in [-0.3, -0.25) is 0 Å². The fourth-order valence-electron chi connectivity index (χ4n) is 2.53. The highest BCUT2D eigenvalue weighted by Crippen LogP contribution is 2.38. The Balaban J connectivity index is 1.85. The molecule has 0 aliphatic carbocycles. The van der Waals surface area contributed by atoms with E-state index >= 15 is 0 Å². The molecule has 1 heterocycles. The normalized spacial score (nSPS) is 19.1. The van der Waals surface area contributed by atoms with E-state index in [4.69, 9.17) is 10.5 Å². The quantitative estimate of drug-likeness (QED) is 0.910. The maximum Gasteiger partial charge on any atom is 0.133 e. The van der Waals surface area contributed by atoms with Gasteiger partial charge in [0.15, 0.2) is 0 Å². The van der Waals surface area contributed by atoms with Crippen LogP contribution in [0.3, 0.4) is 0 Å². The lowest BCUT2D eigenvalue weighted by Gasteiger charge is -2.30. The predicted octanol–water partition coefficient (Wildman–Crippen LogP) is 3.86. The van der Waals surface area contributed by atoms with E-state index in [-0.39, 0.29) is 12.1 Å². The van der Waals surface area contributed by atoms with Crippen LogP contribution in [-0.4, -0.2) is 11.9 Å². The van der Waals surface area contributed by atoms with E-state index in [1.165, 1.54) is 21.6 Å². The molecule has 0 amide bonds. The summed E-state index contributed by atoms with van der Waals surface area (Å²) < 4.78 is 6.10. The Hall–Kier alpha value is -1.45. The third kappa shape index (κ3) is 2.56. The van der Waals surface area contributed by atoms with E-state index < -0.39 is 0 Å². The molecule has 2 aromatic carbocycles. The van der Waals surface area contributed by atoms with Gasteiger partial charge in [-0.15, -0.1) is 11.8 Å². The minimum Gasteiger partial charge on any atom is -0.486 e. The first-order valence-corrected chi connectivity index (χ1v) is 7.85. The molecule has 1 aliphatic heterocycles. The van der Waals surface area contributed by atoms with Gasteiger partial charge in [-0.1, -0.05) is 35.9 Å². The van der Waals surface area contributed by atoms with Gasteiger partial charge in [-0.05, 0) is 37.1 Å². The molecule has 1 aliphatic rings. The average Bonchev–Trinajstić information content (AvgIpc) is 2.48. The topological polar surface area (TPSA) is 35.2 Å². The van der Waals surface area contributed by atoms with Crippen molar-refractivity contribution in [3.63, 3.8) is 0 Å². The van der Waals surface area contributed by atoms with Crippen molar-refractivity contribution in [1.29, 1.82) is 0 Å². The molecule has 0 bridgehead atoms. The summed E-state index contributed by atoms with van der Waals surface area (Å²) in [5.74, 6) is 1.85. The Labute approximate surface area is 124 Å². The van der Waals surface area contributed by atoms with Crippen molar-refractivity contribution in [1.82, 2.24) is 0 Å². The number of nitrogens with two attached hydrogens (primary N) is 1. The van der Waals surface area contributed by atoms with Crippen molar-refractivity contribution in [2.24, 2.45) is 5.73 Å². The molecule has 0 saturated heterocycles. The Morgan fingerprint density at radius 2 is 2.00 bits per heavy atom. The van der Waals surface area contributed by atoms with Gasteiger partial charge in [0.05, 0.1) is 6.04 Å². The van der Waals surface area contributed by atoms with E-state index in [0.29, 0.717) is 0 Å². The minimum atomic E-state index is -0.0873. The molecule has 0 saturated carbocycles. The zero-order chi connectivity index (χ0) is 14.1. The van der Waals surface area contributed by atoms with E-state index in [9.17, 15) is 0 Å². The summed E-state index contributed by atoms with van der Waals surface area (Å²) in [6.07, 6.45) is 0.0235. The van der Waals surface area contributed by atoms with Crippen LogP contribution in [0.5, 0.6) is 5.75 Å². The van der Waals surface area contributed by atoms with E-state index in [1.807, 2.05) is 30.0 Å². The fraction of sp³-hybridized carbons (Fsp3) is 0.294. The van der Waals surface area contributed by atoms with Crippen molar-refractivity contribution in [3.8, 4) is 5.75 Å². The lowest BCUT2D eigenvalue weighted by atomic mass is 9.96. The number of benzene rings is 2. The molecule has 20 heavy (non-hydrogen) atoms. The first kappa shape index (κ1) is 13.5. The number of rotatable bonds is 2. The van der Waals surface area contributed by atoms with Crippen LogP contribution in [0.25, 0.3) is 0 Å². The highest BCUT2D eigenvalue weighted by molar-refractivity contribution is 7.99. The average molecular weight is 285 g/mol. The van der Waals surface area contributed by atoms with Crippen LogP contribution in [0.1, 0.15) is 22.7 Å². The molecule has 0 aromatic heterocycles. The van der Waals surface area contributed by atoms with Gasteiger partial charge in [-0.2, -0.15) is 0 Å². The molecular weight excluding hydrogens is 266 g/mol. The summed E-state index contributed by atoms with van der Waals surface area (Å²) in [5.41, 5.74) is 10.1. The van der Waals surface area contributed by atoms with Crippen LogP contribution < -0.4 is 10.5 Å². The van der Waals surface area contributed by atoms with Crippen molar-refractivity contribution in [2.45, 2.75) is 30.9 Å². The Morgan fingerprint density at radius 3 is 2.85 bits per heavy atom. The van der Waals surface area contributed by atoms with Crippen molar-refractivity contribution in [2.75, 3.05) is 5.75 Å². The number of ether oxygens (including phenoxy) is 1. The van der Waals surface area contributed by atoms with E-state index in [2.05, 4.69) is 38.1 Å². The molecule has 104 valence electrons. The molecule has 2 nitrogen and oxygen atoms in total. The second-order valence-electron chi connectivity index (χ2n) is 5.30. The number of hydrogen-bond donors (Lipinski definition) is 1. The predicted molar refractivity (Wildman–Crippen MR) is 84.4 cm³/mol. The molecule has 2 N–H and O–H groups in total. The van der Waals surface area contributed by atoms with Crippen LogP contribution in [-0.2, 0) is 0 Å². The lowest BCUT2D eigenvalue weighted by Crippen LogP contribution is -2.35. The molecule has 2 unspecified atom stereocenters. The van der Waals surface area contributed by atoms with Gasteiger partial charge in [0, 0.05) is 10.6 Å². The van der Waals surface area contributed by atoms with Gasteiger partial charge in [0.1, 0.15) is 11.9 Å². The van der Waals surface area contributed by atoms with Gasteiger partial charge in [0.2, 0.25) is 0 Å². The van der Waals surface area contributed by atoms with Crippen LogP contribution in [0.2, 0.25) is 0 Å². The van der Waals surface area contributed by atoms with E-state index in [0.717, 1.165) is 11.5 Å². The van der Waals surface area contributed by atoms with Crippen molar-refractivity contribution < 1.29 is 4.74 Å². The Morgan fingerprint density at radius 1 is 1.20 bits per heavy atom. The summed E-state index contributed by atoms with van der Waals surface area (Å²) in [4.78, 5) is 1.21. The third-order valence-electron chi connectivity index (χ3n) is 3.73. The first-order valence-electron chi connectivity index (χ1n) is 6.86. The monoisotopic (exact) mass is 285 g/mol. The molecule has 2 aromatic rings. The third-order valence-corrected chi connectivity index (χ3v) is 4.87. The number of fused-ring (bicyclic) bond motifs is 1. The molecule has 3 heteroatoms. The summed E-state index contributed by atoms with van der Waals surface area (Å²) in [5, 5.41) is 0. The molecule has 3 rings (SSSR count). The summed E-state index contributed by atoms with van der Waals surface area (Å²) in [7, 11) is 0. The van der Waals surface area contributed by atoms with Crippen LogP contribution in [0, 0.1) is 13.8 Å². The molecule has 2 atom stereocenters. The van der Waals surface area contributed by atoms with Crippen LogP contribution in [0.4, 0.5) is 0 Å². The highest BCUT2D eigenvalue weighted by atomic mass is 32.2. The number of thioether (sulfide) groups is 1. The maximum atomic E-state index is 6.46. The SMILES string of the molecule is Cc1ccc(C)c(C(N)C2CSc3ccccc3O2)c1. The molecule has 0 radical (unpaired) electrons. The molecule has 0 fully saturated rings. The molecule has 0 spiro atoms. The van der Waals surface area contributed by atoms with Crippen LogP contribution in [0.15, 0.2) is 47.4 Å². The van der Waals surface area contributed by atoms with Gasteiger partial charge in [0.25, 0.3) is 0 Å². The zero-order valence-electron chi connectivity index (χ0n) is 11.8. The summed E-state index contributed by atoms with van der Waals surface area (Å²) in [6, 6.07) is 14.5. The Kier molecular flexibility index (Phi) is 3.72. The smallest absolute Gasteiger partial charge is 0.133 e. The van der Waals surface area contributed by atoms with Gasteiger partial charge < -0.3 is 10.5 Å². The van der Waals surface area contributed by atoms with E-state index in [1.54, 1.807) is 0 Å². The second kappa shape index (κ2) is 5.51. The van der Waals surface area contributed by atoms with Crippen LogP contribution >= 0.6 is 11.8 Å². The highest BCUT2D eigenvalue weighted by Gasteiger charge is 2.27. The first-order chi connectivity index (χ1) is 9.65. The maximum absolute atomic E-state index is 6.46. The summed E-state index contributed by atoms with van der Waals surface area (Å²) >= 11 is 1.82. The molecular formula is C17H19NOS. The van der Waals surface area contributed by atoms with Gasteiger partial charge >= 0.3 is 0 Å².